The Hall–Kier alpha value is -4.29. The summed E-state index contributed by atoms with van der Waals surface area (Å²) in [6.07, 6.45) is -10.3. The molecule has 3 aromatic rings. The van der Waals surface area contributed by atoms with Crippen molar-refractivity contribution in [3.63, 3.8) is 0 Å². The van der Waals surface area contributed by atoms with Gasteiger partial charge in [0, 0.05) is 41.2 Å². The summed E-state index contributed by atoms with van der Waals surface area (Å²) in [5.41, 5.74) is 1.65. The third-order valence-electron chi connectivity index (χ3n) is 6.19. The second kappa shape index (κ2) is 14.7. The number of halogens is 6. The van der Waals surface area contributed by atoms with Crippen molar-refractivity contribution in [3.8, 4) is 11.5 Å². The van der Waals surface area contributed by atoms with Crippen LogP contribution in [0.15, 0.2) is 48.5 Å². The van der Waals surface area contributed by atoms with E-state index < -0.39 is 35.9 Å². The predicted molar refractivity (Wildman–Crippen MR) is 146 cm³/mol. The molecule has 0 aliphatic rings. The van der Waals surface area contributed by atoms with E-state index in [1.807, 2.05) is 13.8 Å². The Morgan fingerprint density at radius 3 is 1.95 bits per heavy atom. The summed E-state index contributed by atoms with van der Waals surface area (Å²) in [4.78, 5) is 31.1. The maximum absolute atomic E-state index is 13.5. The fourth-order valence-electron chi connectivity index (χ4n) is 4.02. The van der Waals surface area contributed by atoms with E-state index in [1.54, 1.807) is 20.8 Å². The highest BCUT2D eigenvalue weighted by Gasteiger charge is 2.32. The molecule has 0 unspecified atom stereocenters. The molecule has 0 radical (unpaired) electrons. The lowest BCUT2D eigenvalue weighted by Crippen LogP contribution is -2.33. The third kappa shape index (κ3) is 9.90. The zero-order chi connectivity index (χ0) is 32.5. The van der Waals surface area contributed by atoms with Gasteiger partial charge in [0.15, 0.2) is 0 Å². The van der Waals surface area contributed by atoms with Gasteiger partial charge >= 0.3 is 18.7 Å². The quantitative estimate of drug-likeness (QED) is 0.189. The number of amides is 1. The lowest BCUT2D eigenvalue weighted by molar-refractivity contribution is -0.274. The van der Waals surface area contributed by atoms with Crippen LogP contribution in [-0.4, -0.2) is 42.0 Å². The highest BCUT2D eigenvalue weighted by Crippen LogP contribution is 2.31. The number of nitrogens with zero attached hydrogens (tertiary/aromatic N) is 2. The van der Waals surface area contributed by atoms with Crippen LogP contribution in [-0.2, 0) is 23.9 Å². The number of ether oxygens (including phenoxy) is 3. The second-order valence-corrected chi connectivity index (χ2v) is 9.02. The van der Waals surface area contributed by atoms with Crippen molar-refractivity contribution in [2.45, 2.75) is 60.1 Å². The molecular formula is C30H32F6N2O5. The Bertz CT molecular complexity index is 1390. The van der Waals surface area contributed by atoms with Crippen molar-refractivity contribution in [3.05, 3.63) is 87.7 Å². The molecule has 0 aliphatic carbocycles. The Labute approximate surface area is 245 Å². The first-order chi connectivity index (χ1) is 20.1. The fourth-order valence-corrected chi connectivity index (χ4v) is 4.02. The minimum absolute atomic E-state index is 0.0107. The molecule has 1 aromatic heterocycles. The molecule has 0 fully saturated rings. The average Bonchev–Trinajstić information content (AvgIpc) is 2.95. The molecule has 234 valence electrons. The molecule has 0 saturated carbocycles. The molecule has 0 bridgehead atoms. The molecule has 0 saturated heterocycles. The molecule has 0 aliphatic heterocycles. The van der Waals surface area contributed by atoms with E-state index in [4.69, 9.17) is 4.74 Å². The van der Waals surface area contributed by atoms with E-state index in [-0.39, 0.29) is 30.8 Å². The van der Waals surface area contributed by atoms with Gasteiger partial charge in [0.1, 0.15) is 11.5 Å². The van der Waals surface area contributed by atoms with Crippen molar-refractivity contribution in [1.82, 2.24) is 9.88 Å². The van der Waals surface area contributed by atoms with Crippen LogP contribution in [0, 0.1) is 20.8 Å². The van der Waals surface area contributed by atoms with Crippen LogP contribution in [0.3, 0.4) is 0 Å². The molecule has 1 heterocycles. The van der Waals surface area contributed by atoms with E-state index >= 15 is 0 Å². The standard InChI is InChI=1S/C28H26F6N2O5.C2H6/c1-16-17(2)35-18(3)23(24(16)40-26(38)39-4)13-14-36(15-19-5-11-22(12-6-19)41-28(32,33)34)25(37)20-7-9-21(10-8-20)27(29,30)31;1-2/h5-12H,13-15H2,1-4H3;1-2H3. The van der Waals surface area contributed by atoms with Gasteiger partial charge in [-0.3, -0.25) is 9.78 Å². The van der Waals surface area contributed by atoms with Crippen LogP contribution in [0.5, 0.6) is 11.5 Å². The second-order valence-electron chi connectivity index (χ2n) is 9.02. The molecule has 3 rings (SSSR count). The minimum Gasteiger partial charge on any atom is -0.437 e. The normalized spacial score (nSPS) is 11.3. The summed E-state index contributed by atoms with van der Waals surface area (Å²) in [7, 11) is 1.15. The summed E-state index contributed by atoms with van der Waals surface area (Å²) in [5, 5.41) is 0. The molecule has 0 atom stereocenters. The van der Waals surface area contributed by atoms with Crippen molar-refractivity contribution in [2.24, 2.45) is 0 Å². The summed E-state index contributed by atoms with van der Waals surface area (Å²) in [5.74, 6) is -0.875. The number of carbonyl (C=O) groups excluding carboxylic acids is 2. The summed E-state index contributed by atoms with van der Waals surface area (Å²) < 4.78 is 90.6. The monoisotopic (exact) mass is 614 g/mol. The number of hydrogen-bond donors (Lipinski definition) is 0. The van der Waals surface area contributed by atoms with Crippen LogP contribution in [0.4, 0.5) is 31.1 Å². The van der Waals surface area contributed by atoms with Gasteiger partial charge in [0.25, 0.3) is 5.91 Å². The van der Waals surface area contributed by atoms with Crippen LogP contribution >= 0.6 is 0 Å². The zero-order valence-corrected chi connectivity index (χ0v) is 24.4. The smallest absolute Gasteiger partial charge is 0.437 e. The maximum atomic E-state index is 13.5. The van der Waals surface area contributed by atoms with Crippen molar-refractivity contribution < 1.29 is 50.1 Å². The number of carbonyl (C=O) groups is 2. The van der Waals surface area contributed by atoms with E-state index in [9.17, 15) is 35.9 Å². The number of methoxy groups -OCH3 is 1. The fraction of sp³-hybridized carbons (Fsp3) is 0.367. The first-order valence-corrected chi connectivity index (χ1v) is 13.1. The van der Waals surface area contributed by atoms with E-state index in [2.05, 4.69) is 14.5 Å². The third-order valence-corrected chi connectivity index (χ3v) is 6.19. The van der Waals surface area contributed by atoms with E-state index in [1.165, 1.54) is 17.0 Å². The van der Waals surface area contributed by atoms with Gasteiger partial charge in [0.05, 0.1) is 12.7 Å². The van der Waals surface area contributed by atoms with Gasteiger partial charge in [-0.25, -0.2) is 4.79 Å². The predicted octanol–water partition coefficient (Wildman–Crippen LogP) is 7.98. The van der Waals surface area contributed by atoms with Crippen LogP contribution < -0.4 is 9.47 Å². The van der Waals surface area contributed by atoms with Crippen LogP contribution in [0.1, 0.15) is 57.8 Å². The Kier molecular flexibility index (Phi) is 12.0. The lowest BCUT2D eigenvalue weighted by atomic mass is 10.0. The molecule has 0 N–H and O–H groups in total. The largest absolute Gasteiger partial charge is 0.573 e. The number of pyridine rings is 1. The van der Waals surface area contributed by atoms with E-state index in [0.717, 1.165) is 43.5 Å². The molecule has 2 aromatic carbocycles. The van der Waals surface area contributed by atoms with Gasteiger partial charge < -0.3 is 19.1 Å². The Morgan fingerprint density at radius 1 is 0.860 bits per heavy atom. The molecule has 1 amide bonds. The number of aromatic nitrogens is 1. The molecule has 13 heteroatoms. The SMILES string of the molecule is CC.COC(=O)Oc1c(C)c(C)nc(C)c1CCN(Cc1ccc(OC(F)(F)F)cc1)C(=O)c1ccc(C(F)(F)F)cc1. The molecular weight excluding hydrogens is 582 g/mol. The van der Waals surface area contributed by atoms with Crippen molar-refractivity contribution in [2.75, 3.05) is 13.7 Å². The van der Waals surface area contributed by atoms with Crippen molar-refractivity contribution >= 4 is 12.1 Å². The number of rotatable bonds is 8. The van der Waals surface area contributed by atoms with Crippen LogP contribution in [0.2, 0.25) is 0 Å². The van der Waals surface area contributed by atoms with Crippen molar-refractivity contribution in [1.29, 1.82) is 0 Å². The molecule has 0 spiro atoms. The summed E-state index contributed by atoms with van der Waals surface area (Å²) >= 11 is 0. The minimum atomic E-state index is -4.88. The van der Waals surface area contributed by atoms with E-state index in [0.29, 0.717) is 28.1 Å². The first-order valence-electron chi connectivity index (χ1n) is 13.1. The Balaban J connectivity index is 0.00000316. The highest BCUT2D eigenvalue weighted by molar-refractivity contribution is 5.94. The van der Waals surface area contributed by atoms with Crippen LogP contribution in [0.25, 0.3) is 0 Å². The Morgan fingerprint density at radius 2 is 1.44 bits per heavy atom. The number of benzene rings is 2. The zero-order valence-electron chi connectivity index (χ0n) is 24.4. The highest BCUT2D eigenvalue weighted by atomic mass is 19.4. The van der Waals surface area contributed by atoms with Gasteiger partial charge in [-0.1, -0.05) is 26.0 Å². The van der Waals surface area contributed by atoms with Gasteiger partial charge in [-0.15, -0.1) is 13.2 Å². The topological polar surface area (TPSA) is 78.0 Å². The van der Waals surface area contributed by atoms with Gasteiger partial charge in [-0.05, 0) is 69.2 Å². The summed E-state index contributed by atoms with van der Waals surface area (Å²) in [6, 6.07) is 8.51. The first kappa shape index (κ1) is 34.9. The molecule has 43 heavy (non-hydrogen) atoms. The average molecular weight is 615 g/mol. The maximum Gasteiger partial charge on any atom is 0.573 e. The molecule has 7 nitrogen and oxygen atoms in total. The number of aryl methyl sites for hydroxylation is 2. The number of hydrogen-bond acceptors (Lipinski definition) is 6. The number of alkyl halides is 6. The summed E-state index contributed by atoms with van der Waals surface area (Å²) in [6.45, 7) is 9.00. The van der Waals surface area contributed by atoms with Gasteiger partial charge in [-0.2, -0.15) is 13.2 Å². The lowest BCUT2D eigenvalue weighted by Gasteiger charge is -2.25. The van der Waals surface area contributed by atoms with Gasteiger partial charge in [0.2, 0.25) is 0 Å².